The molecule has 0 spiro atoms. The van der Waals surface area contributed by atoms with Crippen molar-refractivity contribution in [2.24, 2.45) is 5.92 Å². The molecule has 21 heavy (non-hydrogen) atoms. The summed E-state index contributed by atoms with van der Waals surface area (Å²) >= 11 is 2.02. The van der Waals surface area contributed by atoms with Crippen LogP contribution < -0.4 is 14.8 Å². The van der Waals surface area contributed by atoms with E-state index in [1.54, 1.807) is 14.2 Å². The molecule has 0 aliphatic carbocycles. The summed E-state index contributed by atoms with van der Waals surface area (Å²) < 4.78 is 11.2. The highest BCUT2D eigenvalue weighted by Crippen LogP contribution is 2.47. The third kappa shape index (κ3) is 3.32. The number of ether oxygens (including phenoxy) is 2. The van der Waals surface area contributed by atoms with Crippen LogP contribution in [0.4, 0.5) is 0 Å². The van der Waals surface area contributed by atoms with Gasteiger partial charge in [-0.2, -0.15) is 11.8 Å². The predicted molar refractivity (Wildman–Crippen MR) is 90.5 cm³/mol. The quantitative estimate of drug-likeness (QED) is 0.860. The van der Waals surface area contributed by atoms with Crippen LogP contribution in [0.15, 0.2) is 12.1 Å². The van der Waals surface area contributed by atoms with Crippen LogP contribution >= 0.6 is 11.8 Å². The molecule has 118 valence electrons. The number of rotatable bonds is 6. The van der Waals surface area contributed by atoms with Crippen LogP contribution in [-0.4, -0.2) is 26.0 Å². The summed E-state index contributed by atoms with van der Waals surface area (Å²) in [6, 6.07) is 4.37. The van der Waals surface area contributed by atoms with Gasteiger partial charge in [-0.05, 0) is 31.0 Å². The van der Waals surface area contributed by atoms with E-state index in [9.17, 15) is 0 Å². The Morgan fingerprint density at radius 2 is 1.90 bits per heavy atom. The molecule has 1 aromatic carbocycles. The van der Waals surface area contributed by atoms with Crippen molar-refractivity contribution in [2.45, 2.75) is 44.2 Å². The van der Waals surface area contributed by atoms with Gasteiger partial charge in [0.05, 0.1) is 14.2 Å². The molecule has 0 aromatic heterocycles. The first kappa shape index (κ1) is 16.5. The summed E-state index contributed by atoms with van der Waals surface area (Å²) in [6.45, 7) is 7.83. The molecule has 0 saturated carbocycles. The molecule has 0 saturated heterocycles. The Kier molecular flexibility index (Phi) is 5.82. The second-order valence-corrected chi connectivity index (χ2v) is 6.98. The minimum absolute atomic E-state index is 0.323. The molecule has 0 amide bonds. The fourth-order valence-electron chi connectivity index (χ4n) is 3.02. The Morgan fingerprint density at radius 1 is 1.24 bits per heavy atom. The largest absolute Gasteiger partial charge is 0.496 e. The van der Waals surface area contributed by atoms with E-state index < -0.39 is 0 Å². The fourth-order valence-corrected chi connectivity index (χ4v) is 4.48. The molecule has 2 rings (SSSR count). The fraction of sp³-hybridized carbons (Fsp3) is 0.647. The molecule has 4 heteroatoms. The monoisotopic (exact) mass is 309 g/mol. The first-order valence-corrected chi connectivity index (χ1v) is 8.77. The van der Waals surface area contributed by atoms with Gasteiger partial charge in [-0.25, -0.2) is 0 Å². The van der Waals surface area contributed by atoms with Crippen LogP contribution in [0.1, 0.15) is 44.4 Å². The van der Waals surface area contributed by atoms with Crippen LogP contribution in [-0.2, 0) is 5.75 Å². The van der Waals surface area contributed by atoms with Gasteiger partial charge in [0.25, 0.3) is 0 Å². The molecule has 2 atom stereocenters. The summed E-state index contributed by atoms with van der Waals surface area (Å²) in [5.41, 5.74) is 2.58. The molecule has 3 nitrogen and oxygen atoms in total. The first-order valence-electron chi connectivity index (χ1n) is 7.72. The zero-order valence-electron chi connectivity index (χ0n) is 13.7. The Morgan fingerprint density at radius 3 is 2.48 bits per heavy atom. The van der Waals surface area contributed by atoms with Crippen molar-refractivity contribution in [2.75, 3.05) is 20.8 Å². The highest BCUT2D eigenvalue weighted by atomic mass is 32.2. The molecule has 1 aromatic rings. The molecule has 1 heterocycles. The minimum atomic E-state index is 0.323. The number of benzene rings is 1. The number of methoxy groups -OCH3 is 2. The van der Waals surface area contributed by atoms with Gasteiger partial charge in [0, 0.05) is 28.2 Å². The van der Waals surface area contributed by atoms with E-state index in [1.165, 1.54) is 11.1 Å². The van der Waals surface area contributed by atoms with Gasteiger partial charge >= 0.3 is 0 Å². The lowest BCUT2D eigenvalue weighted by Gasteiger charge is -2.37. The van der Waals surface area contributed by atoms with Gasteiger partial charge in [-0.3, -0.25) is 0 Å². The Hall–Kier alpha value is -0.870. The van der Waals surface area contributed by atoms with E-state index in [-0.39, 0.29) is 0 Å². The smallest absolute Gasteiger partial charge is 0.124 e. The van der Waals surface area contributed by atoms with E-state index in [2.05, 4.69) is 26.1 Å². The van der Waals surface area contributed by atoms with Crippen molar-refractivity contribution < 1.29 is 9.47 Å². The maximum Gasteiger partial charge on any atom is 0.124 e. The van der Waals surface area contributed by atoms with Crippen LogP contribution in [0, 0.1) is 5.92 Å². The molecular weight excluding hydrogens is 282 g/mol. The van der Waals surface area contributed by atoms with Crippen LogP contribution in [0.3, 0.4) is 0 Å². The third-order valence-electron chi connectivity index (χ3n) is 4.04. The summed E-state index contributed by atoms with van der Waals surface area (Å²) in [5.74, 6) is 3.56. The molecule has 2 unspecified atom stereocenters. The van der Waals surface area contributed by atoms with Gasteiger partial charge < -0.3 is 14.8 Å². The summed E-state index contributed by atoms with van der Waals surface area (Å²) in [4.78, 5) is 0. The maximum absolute atomic E-state index is 5.65. The van der Waals surface area contributed by atoms with Gasteiger partial charge in [0.1, 0.15) is 11.5 Å². The molecular formula is C17H27NO2S. The highest BCUT2D eigenvalue weighted by molar-refractivity contribution is 7.99. The van der Waals surface area contributed by atoms with E-state index in [1.807, 2.05) is 23.9 Å². The summed E-state index contributed by atoms with van der Waals surface area (Å²) in [7, 11) is 3.50. The molecule has 0 fully saturated rings. The molecule has 1 aliphatic heterocycles. The average Bonchev–Trinajstić information content (AvgIpc) is 2.50. The number of thioether (sulfide) groups is 1. The minimum Gasteiger partial charge on any atom is -0.496 e. The van der Waals surface area contributed by atoms with Gasteiger partial charge in [0.15, 0.2) is 0 Å². The second kappa shape index (κ2) is 7.41. The highest BCUT2D eigenvalue weighted by Gasteiger charge is 2.35. The van der Waals surface area contributed by atoms with Crippen molar-refractivity contribution >= 4 is 11.8 Å². The Balaban J connectivity index is 2.49. The molecule has 0 radical (unpaired) electrons. The molecule has 0 bridgehead atoms. The van der Waals surface area contributed by atoms with Crippen molar-refractivity contribution in [1.82, 2.24) is 5.32 Å². The SMILES string of the molecule is CCCNC1c2c(OC)ccc(OC)c2CSC1C(C)C. The average molecular weight is 309 g/mol. The lowest BCUT2D eigenvalue weighted by molar-refractivity contribution is 0.372. The first-order chi connectivity index (χ1) is 10.1. The van der Waals surface area contributed by atoms with Crippen molar-refractivity contribution in [3.05, 3.63) is 23.3 Å². The normalized spacial score (nSPS) is 21.2. The Bertz CT molecular complexity index is 476. The van der Waals surface area contributed by atoms with Crippen molar-refractivity contribution in [3.63, 3.8) is 0 Å². The maximum atomic E-state index is 5.65. The van der Waals surface area contributed by atoms with Gasteiger partial charge in [-0.15, -0.1) is 0 Å². The predicted octanol–water partition coefficient (Wildman–Crippen LogP) is 4.02. The zero-order valence-corrected chi connectivity index (χ0v) is 14.5. The molecule has 1 N–H and O–H groups in total. The third-order valence-corrected chi connectivity index (χ3v) is 5.70. The number of hydrogen-bond donors (Lipinski definition) is 1. The standard InChI is InChI=1S/C17H27NO2S/c1-6-9-18-16-15-12(10-21-17(16)11(2)3)13(19-4)7-8-14(15)20-5/h7-8,11,16-18H,6,9-10H2,1-5H3. The number of fused-ring (bicyclic) bond motifs is 1. The van der Waals surface area contributed by atoms with Gasteiger partial charge in [0.2, 0.25) is 0 Å². The summed E-state index contributed by atoms with van der Waals surface area (Å²) in [6.07, 6.45) is 1.13. The van der Waals surface area contributed by atoms with E-state index in [0.717, 1.165) is 30.2 Å². The van der Waals surface area contributed by atoms with Crippen LogP contribution in [0.2, 0.25) is 0 Å². The van der Waals surface area contributed by atoms with Gasteiger partial charge in [-0.1, -0.05) is 20.8 Å². The van der Waals surface area contributed by atoms with E-state index in [0.29, 0.717) is 17.2 Å². The lowest BCUT2D eigenvalue weighted by Crippen LogP contribution is -2.37. The van der Waals surface area contributed by atoms with Crippen LogP contribution in [0.5, 0.6) is 11.5 Å². The molecule has 1 aliphatic rings. The second-order valence-electron chi connectivity index (χ2n) is 5.81. The topological polar surface area (TPSA) is 30.5 Å². The van der Waals surface area contributed by atoms with Crippen molar-refractivity contribution in [3.8, 4) is 11.5 Å². The summed E-state index contributed by atoms with van der Waals surface area (Å²) in [5, 5.41) is 4.29. The lowest BCUT2D eigenvalue weighted by atomic mass is 9.91. The van der Waals surface area contributed by atoms with Crippen molar-refractivity contribution in [1.29, 1.82) is 0 Å². The van der Waals surface area contributed by atoms with Crippen LogP contribution in [0.25, 0.3) is 0 Å². The zero-order chi connectivity index (χ0) is 15.4. The van der Waals surface area contributed by atoms with E-state index in [4.69, 9.17) is 9.47 Å². The van der Waals surface area contributed by atoms with E-state index >= 15 is 0 Å². The number of nitrogens with one attached hydrogen (secondary N) is 1. The number of hydrogen-bond acceptors (Lipinski definition) is 4. The Labute approximate surface area is 132 Å².